The van der Waals surface area contributed by atoms with E-state index in [0.29, 0.717) is 25.8 Å². The number of aliphatic hydroxyl groups is 1. The van der Waals surface area contributed by atoms with Crippen molar-refractivity contribution in [3.63, 3.8) is 0 Å². The van der Waals surface area contributed by atoms with Crippen LogP contribution >= 0.6 is 0 Å². The van der Waals surface area contributed by atoms with Crippen LogP contribution in [0.15, 0.2) is 24.3 Å². The van der Waals surface area contributed by atoms with Gasteiger partial charge < -0.3 is 9.84 Å². The number of hydrogen-bond acceptors (Lipinski definition) is 3. The van der Waals surface area contributed by atoms with E-state index in [1.54, 1.807) is 0 Å². The molecule has 1 unspecified atom stereocenters. The summed E-state index contributed by atoms with van der Waals surface area (Å²) in [6, 6.07) is 9.48. The summed E-state index contributed by atoms with van der Waals surface area (Å²) in [6.45, 7) is 6.88. The molecule has 0 heterocycles. The lowest BCUT2D eigenvalue weighted by Gasteiger charge is -2.25. The molecule has 0 saturated heterocycles. The summed E-state index contributed by atoms with van der Waals surface area (Å²) >= 11 is 0. The highest BCUT2D eigenvalue weighted by molar-refractivity contribution is 5.22. The highest BCUT2D eigenvalue weighted by Gasteiger charge is 2.30. The fraction of sp³-hybridized carbons (Fsp3) is 0.647. The molecule has 0 aromatic heterocycles. The van der Waals surface area contributed by atoms with Crippen LogP contribution in [0.1, 0.15) is 37.8 Å². The molecule has 1 N–H and O–H groups in total. The summed E-state index contributed by atoms with van der Waals surface area (Å²) in [5.74, 6) is 0. The van der Waals surface area contributed by atoms with Gasteiger partial charge in [-0.05, 0) is 37.3 Å². The van der Waals surface area contributed by atoms with Crippen LogP contribution in [0.5, 0.6) is 0 Å². The molecule has 1 aromatic carbocycles. The summed E-state index contributed by atoms with van der Waals surface area (Å²) in [5.41, 5.74) is 2.71. The number of hydrogen-bond donors (Lipinski definition) is 1. The van der Waals surface area contributed by atoms with Crippen molar-refractivity contribution in [3.8, 4) is 0 Å². The van der Waals surface area contributed by atoms with Crippen molar-refractivity contribution < 1.29 is 9.84 Å². The van der Waals surface area contributed by atoms with Gasteiger partial charge in [0, 0.05) is 25.7 Å². The van der Waals surface area contributed by atoms with Crippen LogP contribution in [0.2, 0.25) is 0 Å². The summed E-state index contributed by atoms with van der Waals surface area (Å²) in [4.78, 5) is 2.39. The summed E-state index contributed by atoms with van der Waals surface area (Å²) in [7, 11) is 0. The number of nitrogens with zero attached hydrogens (tertiary/aromatic N) is 1. The molecule has 1 aliphatic carbocycles. The van der Waals surface area contributed by atoms with Crippen LogP contribution in [-0.2, 0) is 17.7 Å². The molecule has 1 aromatic rings. The second-order valence-electron chi connectivity index (χ2n) is 5.64. The van der Waals surface area contributed by atoms with E-state index in [1.807, 2.05) is 6.92 Å². The number of ether oxygens (including phenoxy) is 1. The lowest BCUT2D eigenvalue weighted by molar-refractivity contribution is 0.0179. The van der Waals surface area contributed by atoms with Crippen molar-refractivity contribution >= 4 is 0 Å². The molecule has 0 bridgehead atoms. The maximum atomic E-state index is 10.0. The molecule has 3 heteroatoms. The quantitative estimate of drug-likeness (QED) is 0.753. The van der Waals surface area contributed by atoms with Crippen LogP contribution in [0.25, 0.3) is 0 Å². The Bertz CT molecular complexity index is 386. The van der Waals surface area contributed by atoms with Gasteiger partial charge in [-0.15, -0.1) is 0 Å². The zero-order chi connectivity index (χ0) is 14.4. The van der Waals surface area contributed by atoms with E-state index < -0.39 is 0 Å². The number of aryl methyl sites for hydroxylation is 1. The normalized spacial score (nSPS) is 16.6. The highest BCUT2D eigenvalue weighted by atomic mass is 16.5. The third-order valence-corrected chi connectivity index (χ3v) is 3.84. The molecule has 112 valence electrons. The average molecular weight is 277 g/mol. The van der Waals surface area contributed by atoms with Crippen LogP contribution < -0.4 is 0 Å². The van der Waals surface area contributed by atoms with Crippen LogP contribution in [-0.4, -0.2) is 41.9 Å². The van der Waals surface area contributed by atoms with E-state index in [0.717, 1.165) is 13.0 Å². The average Bonchev–Trinajstić information content (AvgIpc) is 3.30. The zero-order valence-corrected chi connectivity index (χ0v) is 12.7. The summed E-state index contributed by atoms with van der Waals surface area (Å²) in [6.07, 6.45) is 3.22. The van der Waals surface area contributed by atoms with Gasteiger partial charge in [0.15, 0.2) is 0 Å². The van der Waals surface area contributed by atoms with Gasteiger partial charge in [0.25, 0.3) is 0 Å². The molecule has 3 nitrogen and oxygen atoms in total. The van der Waals surface area contributed by atoms with Crippen molar-refractivity contribution in [1.82, 2.24) is 4.90 Å². The van der Waals surface area contributed by atoms with Gasteiger partial charge in [0.05, 0.1) is 12.7 Å². The van der Waals surface area contributed by atoms with Crippen molar-refractivity contribution in [1.29, 1.82) is 0 Å². The molecule has 1 fully saturated rings. The minimum absolute atomic E-state index is 0.384. The first-order chi connectivity index (χ1) is 9.72. The zero-order valence-electron chi connectivity index (χ0n) is 12.7. The monoisotopic (exact) mass is 277 g/mol. The minimum Gasteiger partial charge on any atom is -0.389 e. The third-order valence-electron chi connectivity index (χ3n) is 3.84. The maximum Gasteiger partial charge on any atom is 0.0900 e. The Morgan fingerprint density at radius 2 is 1.85 bits per heavy atom. The number of aliphatic hydroxyl groups excluding tert-OH is 1. The molecule has 2 rings (SSSR count). The summed E-state index contributed by atoms with van der Waals surface area (Å²) < 4.78 is 5.30. The Morgan fingerprint density at radius 3 is 2.40 bits per heavy atom. The van der Waals surface area contributed by atoms with Crippen LogP contribution in [0, 0.1) is 0 Å². The lowest BCUT2D eigenvalue weighted by Crippen LogP contribution is -2.36. The topological polar surface area (TPSA) is 32.7 Å². The minimum atomic E-state index is -0.384. The van der Waals surface area contributed by atoms with Gasteiger partial charge in [-0.3, -0.25) is 4.90 Å². The highest BCUT2D eigenvalue weighted by Crippen LogP contribution is 2.28. The molecular formula is C17H27NO2. The second kappa shape index (κ2) is 7.77. The molecule has 20 heavy (non-hydrogen) atoms. The van der Waals surface area contributed by atoms with Crippen LogP contribution in [0.4, 0.5) is 0 Å². The fourth-order valence-corrected chi connectivity index (χ4v) is 2.47. The molecular weight excluding hydrogens is 250 g/mol. The van der Waals surface area contributed by atoms with Crippen molar-refractivity contribution in [2.75, 3.05) is 19.8 Å². The van der Waals surface area contributed by atoms with Crippen molar-refractivity contribution in [2.45, 2.75) is 51.8 Å². The largest absolute Gasteiger partial charge is 0.389 e. The number of rotatable bonds is 9. The summed E-state index contributed by atoms with van der Waals surface area (Å²) in [5, 5.41) is 10.0. The fourth-order valence-electron chi connectivity index (χ4n) is 2.47. The SMILES string of the molecule is CCOCC(O)CN(Cc1ccc(CC)cc1)C1CC1. The van der Waals surface area contributed by atoms with Crippen molar-refractivity contribution in [3.05, 3.63) is 35.4 Å². The van der Waals surface area contributed by atoms with E-state index in [9.17, 15) is 5.11 Å². The van der Waals surface area contributed by atoms with Crippen molar-refractivity contribution in [2.24, 2.45) is 0 Å². The molecule has 0 aliphatic heterocycles. The molecule has 0 spiro atoms. The Labute approximate surface area is 122 Å². The molecule has 0 radical (unpaired) electrons. The van der Waals surface area contributed by atoms with E-state index in [4.69, 9.17) is 4.74 Å². The standard InChI is InChI=1S/C17H27NO2/c1-3-14-5-7-15(8-6-14)11-18(16-9-10-16)12-17(19)13-20-4-2/h5-8,16-17,19H,3-4,9-13H2,1-2H3. The van der Waals surface area contributed by atoms with E-state index in [-0.39, 0.29) is 6.10 Å². The Hall–Kier alpha value is -0.900. The van der Waals surface area contributed by atoms with Gasteiger partial charge >= 0.3 is 0 Å². The Balaban J connectivity index is 1.88. The van der Waals surface area contributed by atoms with Crippen LogP contribution in [0.3, 0.4) is 0 Å². The predicted molar refractivity (Wildman–Crippen MR) is 81.8 cm³/mol. The van der Waals surface area contributed by atoms with Gasteiger partial charge in [-0.1, -0.05) is 31.2 Å². The van der Waals surface area contributed by atoms with Gasteiger partial charge in [-0.2, -0.15) is 0 Å². The van der Waals surface area contributed by atoms with Gasteiger partial charge in [-0.25, -0.2) is 0 Å². The smallest absolute Gasteiger partial charge is 0.0900 e. The second-order valence-corrected chi connectivity index (χ2v) is 5.64. The first-order valence-electron chi connectivity index (χ1n) is 7.80. The molecule has 0 amide bonds. The Morgan fingerprint density at radius 1 is 1.20 bits per heavy atom. The molecule has 1 aliphatic rings. The van der Waals surface area contributed by atoms with E-state index in [1.165, 1.54) is 24.0 Å². The first-order valence-corrected chi connectivity index (χ1v) is 7.80. The molecule has 1 saturated carbocycles. The van der Waals surface area contributed by atoms with E-state index in [2.05, 4.69) is 36.1 Å². The number of benzene rings is 1. The van der Waals surface area contributed by atoms with E-state index >= 15 is 0 Å². The lowest BCUT2D eigenvalue weighted by atomic mass is 10.1. The molecule has 1 atom stereocenters. The van der Waals surface area contributed by atoms with Gasteiger partial charge in [0.1, 0.15) is 0 Å². The third kappa shape index (κ3) is 4.89. The van der Waals surface area contributed by atoms with Gasteiger partial charge in [0.2, 0.25) is 0 Å². The Kier molecular flexibility index (Phi) is 6.02. The first kappa shape index (κ1) is 15.5. The predicted octanol–water partition coefficient (Wildman–Crippen LogP) is 2.61. The maximum absolute atomic E-state index is 10.0.